The molecule has 0 amide bonds. The van der Waals surface area contributed by atoms with Gasteiger partial charge in [0.25, 0.3) is 0 Å². The van der Waals surface area contributed by atoms with Crippen LogP contribution in [0.3, 0.4) is 0 Å². The number of fused-ring (bicyclic) bond motifs is 1. The van der Waals surface area contributed by atoms with E-state index in [2.05, 4.69) is 12.1 Å². The van der Waals surface area contributed by atoms with Crippen molar-refractivity contribution in [3.63, 3.8) is 0 Å². The molecule has 0 unspecified atom stereocenters. The van der Waals surface area contributed by atoms with Crippen molar-refractivity contribution in [1.29, 1.82) is 0 Å². The molecule has 0 radical (unpaired) electrons. The summed E-state index contributed by atoms with van der Waals surface area (Å²) in [4.78, 5) is 12.2. The highest BCUT2D eigenvalue weighted by molar-refractivity contribution is 8.00. The molecule has 2 aromatic carbocycles. The standard InChI is InChI=1S/C16H16OS/c17-16(11-15-6-3-9-18-15)14-8-7-12-4-1-2-5-13(12)10-14/h1-2,4-5,7-8,10,15H,3,6,9,11H2/t15-/m0/s1. The molecule has 0 bridgehead atoms. The predicted octanol–water partition coefficient (Wildman–Crippen LogP) is 4.31. The van der Waals surface area contributed by atoms with Crippen LogP contribution in [0, 0.1) is 0 Å². The third-order valence-corrected chi connectivity index (χ3v) is 4.91. The molecule has 0 aromatic heterocycles. The fourth-order valence-corrected chi connectivity index (χ4v) is 3.76. The second-order valence-electron chi connectivity index (χ2n) is 4.82. The van der Waals surface area contributed by atoms with Crippen molar-refractivity contribution in [3.05, 3.63) is 48.0 Å². The van der Waals surface area contributed by atoms with Gasteiger partial charge in [-0.3, -0.25) is 4.79 Å². The number of hydrogen-bond acceptors (Lipinski definition) is 2. The third-order valence-electron chi connectivity index (χ3n) is 3.51. The minimum absolute atomic E-state index is 0.292. The molecular formula is C16H16OS. The van der Waals surface area contributed by atoms with Crippen LogP contribution in [0.2, 0.25) is 0 Å². The maximum atomic E-state index is 12.2. The molecule has 1 aliphatic rings. The summed E-state index contributed by atoms with van der Waals surface area (Å²) in [7, 11) is 0. The Morgan fingerprint density at radius 1 is 1.17 bits per heavy atom. The van der Waals surface area contributed by atoms with Gasteiger partial charge in [0, 0.05) is 17.2 Å². The monoisotopic (exact) mass is 256 g/mol. The Morgan fingerprint density at radius 3 is 2.78 bits per heavy atom. The topological polar surface area (TPSA) is 17.1 Å². The van der Waals surface area contributed by atoms with Crippen molar-refractivity contribution >= 4 is 28.3 Å². The zero-order valence-electron chi connectivity index (χ0n) is 10.3. The number of ketones is 1. The van der Waals surface area contributed by atoms with Crippen LogP contribution < -0.4 is 0 Å². The first-order valence-corrected chi connectivity index (χ1v) is 7.51. The molecule has 1 fully saturated rings. The van der Waals surface area contributed by atoms with E-state index in [0.717, 1.165) is 10.9 Å². The molecule has 2 aromatic rings. The van der Waals surface area contributed by atoms with Crippen LogP contribution in [0.25, 0.3) is 10.8 Å². The molecule has 1 nitrogen and oxygen atoms in total. The molecule has 92 valence electrons. The number of thioether (sulfide) groups is 1. The van der Waals surface area contributed by atoms with E-state index in [4.69, 9.17) is 0 Å². The lowest BCUT2D eigenvalue weighted by Crippen LogP contribution is -2.07. The van der Waals surface area contributed by atoms with Gasteiger partial charge < -0.3 is 0 Å². The van der Waals surface area contributed by atoms with Crippen molar-refractivity contribution in [3.8, 4) is 0 Å². The van der Waals surface area contributed by atoms with Crippen molar-refractivity contribution < 1.29 is 4.79 Å². The molecule has 1 aliphatic heterocycles. The first kappa shape index (κ1) is 11.8. The molecule has 1 atom stereocenters. The van der Waals surface area contributed by atoms with E-state index in [0.29, 0.717) is 17.5 Å². The number of Topliss-reactive ketones (excluding diaryl/α,β-unsaturated/α-hetero) is 1. The third kappa shape index (κ3) is 2.44. The van der Waals surface area contributed by atoms with Crippen LogP contribution in [0.5, 0.6) is 0 Å². The van der Waals surface area contributed by atoms with E-state index in [1.54, 1.807) is 0 Å². The largest absolute Gasteiger partial charge is 0.294 e. The molecule has 0 spiro atoms. The zero-order valence-corrected chi connectivity index (χ0v) is 11.1. The minimum atomic E-state index is 0.292. The minimum Gasteiger partial charge on any atom is -0.294 e. The molecular weight excluding hydrogens is 240 g/mol. The van der Waals surface area contributed by atoms with E-state index < -0.39 is 0 Å². The summed E-state index contributed by atoms with van der Waals surface area (Å²) in [5, 5.41) is 2.90. The van der Waals surface area contributed by atoms with Gasteiger partial charge in [0.15, 0.2) is 5.78 Å². The maximum absolute atomic E-state index is 12.2. The van der Waals surface area contributed by atoms with Gasteiger partial charge in [-0.05, 0) is 35.4 Å². The van der Waals surface area contributed by atoms with Crippen molar-refractivity contribution in [2.75, 3.05) is 5.75 Å². The van der Waals surface area contributed by atoms with Crippen molar-refractivity contribution in [1.82, 2.24) is 0 Å². The van der Waals surface area contributed by atoms with E-state index in [1.807, 2.05) is 42.1 Å². The highest BCUT2D eigenvalue weighted by atomic mass is 32.2. The first-order valence-electron chi connectivity index (χ1n) is 6.46. The lowest BCUT2D eigenvalue weighted by atomic mass is 10.0. The highest BCUT2D eigenvalue weighted by Gasteiger charge is 2.19. The summed E-state index contributed by atoms with van der Waals surface area (Å²) < 4.78 is 0. The van der Waals surface area contributed by atoms with Gasteiger partial charge in [0.2, 0.25) is 0 Å². The van der Waals surface area contributed by atoms with Crippen LogP contribution in [0.1, 0.15) is 29.6 Å². The smallest absolute Gasteiger partial charge is 0.163 e. The Balaban J connectivity index is 1.82. The number of carbonyl (C=O) groups excluding carboxylic acids is 1. The summed E-state index contributed by atoms with van der Waals surface area (Å²) in [6.45, 7) is 0. The second-order valence-corrected chi connectivity index (χ2v) is 6.23. The molecule has 2 heteroatoms. The first-order chi connectivity index (χ1) is 8.83. The molecule has 1 saturated heterocycles. The van der Waals surface area contributed by atoms with Crippen LogP contribution in [-0.2, 0) is 0 Å². The van der Waals surface area contributed by atoms with Crippen LogP contribution in [-0.4, -0.2) is 16.8 Å². The summed E-state index contributed by atoms with van der Waals surface area (Å²) in [6, 6.07) is 14.2. The van der Waals surface area contributed by atoms with Gasteiger partial charge in [-0.15, -0.1) is 0 Å². The fourth-order valence-electron chi connectivity index (χ4n) is 2.49. The normalized spacial score (nSPS) is 19.2. The van der Waals surface area contributed by atoms with Crippen LogP contribution >= 0.6 is 11.8 Å². The van der Waals surface area contributed by atoms with E-state index >= 15 is 0 Å². The van der Waals surface area contributed by atoms with Crippen LogP contribution in [0.15, 0.2) is 42.5 Å². The summed E-state index contributed by atoms with van der Waals surface area (Å²) in [5.41, 5.74) is 0.862. The molecule has 0 aliphatic carbocycles. The molecule has 3 rings (SSSR count). The zero-order chi connectivity index (χ0) is 12.4. The maximum Gasteiger partial charge on any atom is 0.163 e. The van der Waals surface area contributed by atoms with Crippen LogP contribution in [0.4, 0.5) is 0 Å². The average Bonchev–Trinajstić information content (AvgIpc) is 2.91. The van der Waals surface area contributed by atoms with E-state index in [1.165, 1.54) is 24.0 Å². The highest BCUT2D eigenvalue weighted by Crippen LogP contribution is 2.30. The quantitative estimate of drug-likeness (QED) is 0.761. The Kier molecular flexibility index (Phi) is 3.37. The molecule has 18 heavy (non-hydrogen) atoms. The molecule has 1 heterocycles. The lowest BCUT2D eigenvalue weighted by Gasteiger charge is -2.08. The number of benzene rings is 2. The summed E-state index contributed by atoms with van der Waals surface area (Å²) in [5.74, 6) is 1.51. The summed E-state index contributed by atoms with van der Waals surface area (Å²) in [6.07, 6.45) is 3.16. The Morgan fingerprint density at radius 2 is 2.00 bits per heavy atom. The van der Waals surface area contributed by atoms with Gasteiger partial charge in [-0.2, -0.15) is 11.8 Å². The number of hydrogen-bond donors (Lipinski definition) is 0. The van der Waals surface area contributed by atoms with Crippen molar-refractivity contribution in [2.24, 2.45) is 0 Å². The van der Waals surface area contributed by atoms with E-state index in [-0.39, 0.29) is 0 Å². The Labute approximate surface area is 112 Å². The predicted molar refractivity (Wildman–Crippen MR) is 78.4 cm³/mol. The second kappa shape index (κ2) is 5.15. The van der Waals surface area contributed by atoms with Gasteiger partial charge in [0.1, 0.15) is 0 Å². The SMILES string of the molecule is O=C(C[C@@H]1CCCS1)c1ccc2ccccc2c1. The number of rotatable bonds is 3. The molecule has 0 N–H and O–H groups in total. The Hall–Kier alpha value is -1.28. The average molecular weight is 256 g/mol. The molecule has 0 saturated carbocycles. The van der Waals surface area contributed by atoms with Gasteiger partial charge in [0.05, 0.1) is 0 Å². The van der Waals surface area contributed by atoms with Gasteiger partial charge in [-0.1, -0.05) is 36.4 Å². The summed E-state index contributed by atoms with van der Waals surface area (Å²) >= 11 is 1.95. The van der Waals surface area contributed by atoms with Gasteiger partial charge >= 0.3 is 0 Å². The Bertz CT molecular complexity index is 570. The van der Waals surface area contributed by atoms with E-state index in [9.17, 15) is 4.79 Å². The van der Waals surface area contributed by atoms with Crippen molar-refractivity contribution in [2.45, 2.75) is 24.5 Å². The lowest BCUT2D eigenvalue weighted by molar-refractivity contribution is 0.0982. The fraction of sp³-hybridized carbons (Fsp3) is 0.312. The number of carbonyl (C=O) groups is 1. The van der Waals surface area contributed by atoms with Gasteiger partial charge in [-0.25, -0.2) is 0 Å².